The van der Waals surface area contributed by atoms with Crippen LogP contribution in [-0.2, 0) is 0 Å². The van der Waals surface area contributed by atoms with E-state index in [0.29, 0.717) is 23.9 Å². The molecular formula is C16H23N3O2. The van der Waals surface area contributed by atoms with E-state index in [0.717, 1.165) is 19.6 Å². The maximum atomic E-state index is 10.1. The van der Waals surface area contributed by atoms with Gasteiger partial charge in [0.15, 0.2) is 0 Å². The van der Waals surface area contributed by atoms with Crippen LogP contribution in [-0.4, -0.2) is 66.9 Å². The van der Waals surface area contributed by atoms with Gasteiger partial charge in [0.1, 0.15) is 18.5 Å². The Morgan fingerprint density at radius 3 is 2.71 bits per heavy atom. The van der Waals surface area contributed by atoms with Crippen LogP contribution < -0.4 is 4.74 Å². The molecule has 1 aliphatic rings. The fraction of sp³-hybridized carbons (Fsp3) is 0.562. The molecule has 2 rings (SSSR count). The third-order valence-electron chi connectivity index (χ3n) is 3.94. The number of β-amino-alcohol motifs (C(OH)–C–C–N with tert-alkyl or cyclic N) is 1. The molecule has 2 atom stereocenters. The van der Waals surface area contributed by atoms with E-state index in [-0.39, 0.29) is 6.61 Å². The summed E-state index contributed by atoms with van der Waals surface area (Å²) in [5.41, 5.74) is 0.606. The number of hydrogen-bond donors (Lipinski definition) is 1. The molecule has 0 aliphatic carbocycles. The number of likely N-dealkylation sites (N-methyl/N-ethyl adjacent to an activating group) is 1. The second-order valence-electron chi connectivity index (χ2n) is 5.69. The van der Waals surface area contributed by atoms with E-state index < -0.39 is 6.10 Å². The smallest absolute Gasteiger partial charge is 0.119 e. The Labute approximate surface area is 126 Å². The first-order chi connectivity index (χ1) is 10.1. The number of piperazine rings is 1. The van der Waals surface area contributed by atoms with Gasteiger partial charge in [0.2, 0.25) is 0 Å². The second kappa shape index (κ2) is 7.41. The van der Waals surface area contributed by atoms with Crippen LogP contribution in [0.2, 0.25) is 0 Å². The minimum Gasteiger partial charge on any atom is -0.491 e. The second-order valence-corrected chi connectivity index (χ2v) is 5.69. The minimum absolute atomic E-state index is 0.270. The molecule has 1 saturated heterocycles. The summed E-state index contributed by atoms with van der Waals surface area (Å²) in [6.45, 7) is 6.09. The first-order valence-electron chi connectivity index (χ1n) is 7.32. The topological polar surface area (TPSA) is 59.7 Å². The average molecular weight is 289 g/mol. The third kappa shape index (κ3) is 4.71. The van der Waals surface area contributed by atoms with Gasteiger partial charge >= 0.3 is 0 Å². The van der Waals surface area contributed by atoms with Gasteiger partial charge in [-0.1, -0.05) is 0 Å². The predicted molar refractivity (Wildman–Crippen MR) is 81.2 cm³/mol. The van der Waals surface area contributed by atoms with Crippen LogP contribution in [0, 0.1) is 11.3 Å². The van der Waals surface area contributed by atoms with Crippen molar-refractivity contribution in [3.05, 3.63) is 29.8 Å². The van der Waals surface area contributed by atoms with Gasteiger partial charge in [-0.3, -0.25) is 4.90 Å². The van der Waals surface area contributed by atoms with Crippen LogP contribution in [0.25, 0.3) is 0 Å². The molecule has 0 bridgehead atoms. The van der Waals surface area contributed by atoms with Gasteiger partial charge in [0, 0.05) is 32.2 Å². The Kier molecular flexibility index (Phi) is 5.57. The molecule has 1 fully saturated rings. The highest BCUT2D eigenvalue weighted by Gasteiger charge is 2.22. The van der Waals surface area contributed by atoms with Crippen molar-refractivity contribution >= 4 is 0 Å². The fourth-order valence-corrected chi connectivity index (χ4v) is 2.46. The van der Waals surface area contributed by atoms with E-state index in [1.807, 2.05) is 0 Å². The number of rotatable bonds is 5. The van der Waals surface area contributed by atoms with E-state index in [2.05, 4.69) is 29.8 Å². The van der Waals surface area contributed by atoms with Crippen molar-refractivity contribution in [1.29, 1.82) is 5.26 Å². The van der Waals surface area contributed by atoms with Crippen molar-refractivity contribution in [2.45, 2.75) is 19.1 Å². The molecule has 0 radical (unpaired) electrons. The van der Waals surface area contributed by atoms with E-state index in [9.17, 15) is 5.11 Å². The van der Waals surface area contributed by atoms with Crippen molar-refractivity contribution in [3.8, 4) is 11.8 Å². The zero-order valence-corrected chi connectivity index (χ0v) is 12.7. The standard InChI is InChI=1S/C16H23N3O2/c1-13-10-19(8-7-18(13)2)11-15(20)12-21-16-5-3-14(9-17)4-6-16/h3-6,13,15,20H,7-8,10-12H2,1-2H3. The number of ether oxygens (including phenoxy) is 1. The lowest BCUT2D eigenvalue weighted by molar-refractivity contribution is 0.0356. The molecule has 21 heavy (non-hydrogen) atoms. The molecule has 1 heterocycles. The van der Waals surface area contributed by atoms with Crippen molar-refractivity contribution in [1.82, 2.24) is 9.80 Å². The Hall–Kier alpha value is -1.61. The quantitative estimate of drug-likeness (QED) is 0.874. The van der Waals surface area contributed by atoms with Crippen molar-refractivity contribution in [2.24, 2.45) is 0 Å². The van der Waals surface area contributed by atoms with Gasteiger partial charge in [-0.05, 0) is 38.2 Å². The molecule has 114 valence electrons. The van der Waals surface area contributed by atoms with E-state index >= 15 is 0 Å². The highest BCUT2D eigenvalue weighted by atomic mass is 16.5. The van der Waals surface area contributed by atoms with Crippen molar-refractivity contribution in [3.63, 3.8) is 0 Å². The Morgan fingerprint density at radius 2 is 2.10 bits per heavy atom. The highest BCUT2D eigenvalue weighted by molar-refractivity contribution is 5.34. The minimum atomic E-state index is -0.503. The lowest BCUT2D eigenvalue weighted by Crippen LogP contribution is -2.52. The first-order valence-corrected chi connectivity index (χ1v) is 7.32. The van der Waals surface area contributed by atoms with Crippen LogP contribution in [0.1, 0.15) is 12.5 Å². The van der Waals surface area contributed by atoms with Gasteiger partial charge in [-0.2, -0.15) is 5.26 Å². The molecule has 0 aromatic heterocycles. The molecule has 0 amide bonds. The van der Waals surface area contributed by atoms with E-state index in [1.54, 1.807) is 24.3 Å². The molecule has 1 N–H and O–H groups in total. The molecule has 0 saturated carbocycles. The molecule has 1 aliphatic heterocycles. The molecule has 1 aromatic rings. The van der Waals surface area contributed by atoms with Gasteiger partial charge in [-0.25, -0.2) is 0 Å². The summed E-state index contributed by atoms with van der Waals surface area (Å²) < 4.78 is 5.56. The maximum absolute atomic E-state index is 10.1. The summed E-state index contributed by atoms with van der Waals surface area (Å²) in [5, 5.41) is 18.8. The first kappa shape index (κ1) is 15.8. The SMILES string of the molecule is CC1CN(CC(O)COc2ccc(C#N)cc2)CCN1C. The summed E-state index contributed by atoms with van der Waals surface area (Å²) in [5.74, 6) is 0.680. The van der Waals surface area contributed by atoms with Gasteiger partial charge < -0.3 is 14.7 Å². The fourth-order valence-electron chi connectivity index (χ4n) is 2.46. The molecule has 2 unspecified atom stereocenters. The van der Waals surface area contributed by atoms with Gasteiger partial charge in [-0.15, -0.1) is 0 Å². The van der Waals surface area contributed by atoms with E-state index in [1.165, 1.54) is 0 Å². The Bertz CT molecular complexity index is 483. The number of nitrogens with zero attached hydrogens (tertiary/aromatic N) is 3. The molecule has 5 heteroatoms. The summed E-state index contributed by atoms with van der Waals surface area (Å²) >= 11 is 0. The molecule has 5 nitrogen and oxygen atoms in total. The average Bonchev–Trinajstić information content (AvgIpc) is 2.49. The summed E-state index contributed by atoms with van der Waals surface area (Å²) in [7, 11) is 2.13. The Balaban J connectivity index is 1.74. The lowest BCUT2D eigenvalue weighted by Gasteiger charge is -2.38. The predicted octanol–water partition coefficient (Wildman–Crippen LogP) is 0.934. The van der Waals surface area contributed by atoms with Crippen LogP contribution >= 0.6 is 0 Å². The van der Waals surface area contributed by atoms with Crippen molar-refractivity contribution in [2.75, 3.05) is 39.8 Å². The molecule has 0 spiro atoms. The van der Waals surface area contributed by atoms with Crippen LogP contribution in [0.4, 0.5) is 0 Å². The lowest BCUT2D eigenvalue weighted by atomic mass is 10.2. The summed E-state index contributed by atoms with van der Waals surface area (Å²) in [6, 6.07) is 9.51. The maximum Gasteiger partial charge on any atom is 0.119 e. The monoisotopic (exact) mass is 289 g/mol. The zero-order valence-electron chi connectivity index (χ0n) is 12.7. The number of nitriles is 1. The van der Waals surface area contributed by atoms with Crippen molar-refractivity contribution < 1.29 is 9.84 Å². The van der Waals surface area contributed by atoms with Crippen LogP contribution in [0.5, 0.6) is 5.75 Å². The number of hydrogen-bond acceptors (Lipinski definition) is 5. The number of aliphatic hydroxyl groups excluding tert-OH is 1. The van der Waals surface area contributed by atoms with Gasteiger partial charge in [0.25, 0.3) is 0 Å². The van der Waals surface area contributed by atoms with Crippen LogP contribution in [0.3, 0.4) is 0 Å². The molecular weight excluding hydrogens is 266 g/mol. The highest BCUT2D eigenvalue weighted by Crippen LogP contribution is 2.12. The Morgan fingerprint density at radius 1 is 1.38 bits per heavy atom. The third-order valence-corrected chi connectivity index (χ3v) is 3.94. The molecule has 1 aromatic carbocycles. The number of benzene rings is 1. The zero-order chi connectivity index (χ0) is 15.2. The largest absolute Gasteiger partial charge is 0.491 e. The summed E-state index contributed by atoms with van der Waals surface area (Å²) in [4.78, 5) is 4.60. The van der Waals surface area contributed by atoms with E-state index in [4.69, 9.17) is 10.00 Å². The van der Waals surface area contributed by atoms with Crippen LogP contribution in [0.15, 0.2) is 24.3 Å². The van der Waals surface area contributed by atoms with Gasteiger partial charge in [0.05, 0.1) is 11.6 Å². The normalized spacial score (nSPS) is 21.7. The number of aliphatic hydroxyl groups is 1. The summed E-state index contributed by atoms with van der Waals surface area (Å²) in [6.07, 6.45) is -0.503.